The summed E-state index contributed by atoms with van der Waals surface area (Å²) in [6, 6.07) is 10.2. The van der Waals surface area contributed by atoms with Crippen LogP contribution >= 0.6 is 0 Å². The lowest BCUT2D eigenvalue weighted by Crippen LogP contribution is -2.30. The zero-order valence-corrected chi connectivity index (χ0v) is 14.0. The molecule has 0 radical (unpaired) electrons. The second-order valence-corrected chi connectivity index (χ2v) is 5.53. The van der Waals surface area contributed by atoms with E-state index >= 15 is 0 Å². The van der Waals surface area contributed by atoms with Crippen molar-refractivity contribution in [1.29, 1.82) is 0 Å². The van der Waals surface area contributed by atoms with E-state index in [1.165, 1.54) is 37.3 Å². The predicted octanol–water partition coefficient (Wildman–Crippen LogP) is 2.56. The summed E-state index contributed by atoms with van der Waals surface area (Å²) in [5, 5.41) is 13.6. The van der Waals surface area contributed by atoms with Crippen molar-refractivity contribution in [2.24, 2.45) is 0 Å². The van der Waals surface area contributed by atoms with E-state index in [-0.39, 0.29) is 23.6 Å². The first-order valence-corrected chi connectivity index (χ1v) is 7.80. The number of nitro groups is 1. The van der Waals surface area contributed by atoms with Crippen molar-refractivity contribution in [3.05, 3.63) is 75.1 Å². The van der Waals surface area contributed by atoms with Crippen molar-refractivity contribution in [2.45, 2.75) is 13.3 Å². The maximum absolute atomic E-state index is 12.8. The van der Waals surface area contributed by atoms with Crippen LogP contribution in [0.1, 0.15) is 21.5 Å². The third kappa shape index (κ3) is 5.10. The molecule has 2 aromatic rings. The molecular formula is C18H17FN2O5. The molecule has 2 rings (SSSR count). The number of nitro benzene ring substituents is 1. The van der Waals surface area contributed by atoms with E-state index in [4.69, 9.17) is 4.74 Å². The molecule has 0 fully saturated rings. The zero-order chi connectivity index (χ0) is 19.1. The van der Waals surface area contributed by atoms with Crippen LogP contribution in [0.3, 0.4) is 0 Å². The predicted molar refractivity (Wildman–Crippen MR) is 91.2 cm³/mol. The fraction of sp³-hybridized carbons (Fsp3) is 0.222. The van der Waals surface area contributed by atoms with Crippen LogP contribution < -0.4 is 5.32 Å². The summed E-state index contributed by atoms with van der Waals surface area (Å²) in [5.41, 5.74) is 0.635. The maximum atomic E-state index is 12.8. The molecule has 2 aromatic carbocycles. The minimum absolute atomic E-state index is 0.200. The molecule has 136 valence electrons. The van der Waals surface area contributed by atoms with Crippen molar-refractivity contribution in [2.75, 3.05) is 13.2 Å². The van der Waals surface area contributed by atoms with Gasteiger partial charge in [0, 0.05) is 12.1 Å². The topological polar surface area (TPSA) is 98.5 Å². The number of aryl methyl sites for hydroxylation is 1. The highest BCUT2D eigenvalue weighted by molar-refractivity contribution is 5.95. The van der Waals surface area contributed by atoms with Crippen LogP contribution in [0.2, 0.25) is 0 Å². The van der Waals surface area contributed by atoms with Crippen molar-refractivity contribution in [3.63, 3.8) is 0 Å². The average molecular weight is 360 g/mol. The van der Waals surface area contributed by atoms with Crippen molar-refractivity contribution >= 4 is 17.6 Å². The Morgan fingerprint density at radius 3 is 2.54 bits per heavy atom. The van der Waals surface area contributed by atoms with Gasteiger partial charge in [-0.05, 0) is 37.1 Å². The fourth-order valence-electron chi connectivity index (χ4n) is 2.32. The number of para-hydroxylation sites is 1. The van der Waals surface area contributed by atoms with E-state index in [9.17, 15) is 24.1 Å². The molecule has 0 saturated heterocycles. The van der Waals surface area contributed by atoms with Gasteiger partial charge < -0.3 is 10.1 Å². The van der Waals surface area contributed by atoms with Crippen LogP contribution in [0.4, 0.5) is 10.1 Å². The molecule has 0 aliphatic heterocycles. The molecule has 0 aliphatic rings. The Kier molecular flexibility index (Phi) is 6.37. The number of hydrogen-bond donors (Lipinski definition) is 1. The minimum atomic E-state index is -0.936. The molecule has 26 heavy (non-hydrogen) atoms. The van der Waals surface area contributed by atoms with Crippen molar-refractivity contribution < 1.29 is 23.6 Å². The van der Waals surface area contributed by atoms with Gasteiger partial charge in [0.05, 0.1) is 4.92 Å². The van der Waals surface area contributed by atoms with Crippen LogP contribution in [-0.4, -0.2) is 30.0 Å². The fourth-order valence-corrected chi connectivity index (χ4v) is 2.32. The van der Waals surface area contributed by atoms with Gasteiger partial charge in [0.15, 0.2) is 6.61 Å². The maximum Gasteiger partial charge on any atom is 0.345 e. The molecule has 0 spiro atoms. The minimum Gasteiger partial charge on any atom is -0.452 e. The Balaban J connectivity index is 1.84. The van der Waals surface area contributed by atoms with Gasteiger partial charge in [-0.15, -0.1) is 0 Å². The van der Waals surface area contributed by atoms with E-state index in [2.05, 4.69) is 5.32 Å². The van der Waals surface area contributed by atoms with Crippen molar-refractivity contribution in [3.8, 4) is 0 Å². The molecule has 8 heteroatoms. The van der Waals surface area contributed by atoms with E-state index in [0.29, 0.717) is 12.0 Å². The Hall–Kier alpha value is -3.29. The summed E-state index contributed by atoms with van der Waals surface area (Å²) < 4.78 is 17.6. The zero-order valence-electron chi connectivity index (χ0n) is 14.0. The molecule has 0 bridgehead atoms. The van der Waals surface area contributed by atoms with Crippen LogP contribution in [0.5, 0.6) is 0 Å². The smallest absolute Gasteiger partial charge is 0.345 e. The molecule has 0 heterocycles. The first-order chi connectivity index (χ1) is 12.4. The Bertz CT molecular complexity index is 821. The average Bonchev–Trinajstić information content (AvgIpc) is 2.60. The lowest BCUT2D eigenvalue weighted by Gasteiger charge is -2.08. The third-order valence-corrected chi connectivity index (χ3v) is 3.62. The third-order valence-electron chi connectivity index (χ3n) is 3.62. The SMILES string of the molecule is Cc1cccc(C(=O)OCC(=O)NCCc2ccc(F)cc2)c1[N+](=O)[O-]. The highest BCUT2D eigenvalue weighted by Crippen LogP contribution is 2.23. The molecule has 1 amide bonds. The molecule has 0 atom stereocenters. The molecule has 0 saturated carbocycles. The summed E-state index contributed by atoms with van der Waals surface area (Å²) in [4.78, 5) is 34.2. The van der Waals surface area contributed by atoms with E-state index in [1.54, 1.807) is 12.1 Å². The summed E-state index contributed by atoms with van der Waals surface area (Å²) in [6.45, 7) is 1.25. The van der Waals surface area contributed by atoms with Gasteiger partial charge in [0.25, 0.3) is 11.6 Å². The molecule has 0 aromatic heterocycles. The van der Waals surface area contributed by atoms with Crippen molar-refractivity contribution in [1.82, 2.24) is 5.32 Å². The normalized spacial score (nSPS) is 10.2. The summed E-state index contributed by atoms with van der Waals surface area (Å²) in [7, 11) is 0. The standard InChI is InChI=1S/C18H17FN2O5/c1-12-3-2-4-15(17(12)21(24)25)18(23)26-11-16(22)20-10-9-13-5-7-14(19)8-6-13/h2-8H,9-11H2,1H3,(H,20,22). The second-order valence-electron chi connectivity index (χ2n) is 5.53. The highest BCUT2D eigenvalue weighted by atomic mass is 19.1. The number of amides is 1. The molecule has 1 N–H and O–H groups in total. The molecule has 0 unspecified atom stereocenters. The number of hydrogen-bond acceptors (Lipinski definition) is 5. The Morgan fingerprint density at radius 1 is 1.19 bits per heavy atom. The number of carbonyl (C=O) groups excluding carboxylic acids is 2. The number of ether oxygens (including phenoxy) is 1. The number of nitrogens with one attached hydrogen (secondary N) is 1. The van der Waals surface area contributed by atoms with Gasteiger partial charge in [-0.1, -0.05) is 24.3 Å². The van der Waals surface area contributed by atoms with Gasteiger partial charge in [-0.2, -0.15) is 0 Å². The number of esters is 1. The summed E-state index contributed by atoms with van der Waals surface area (Å²) in [6.07, 6.45) is 0.489. The molecule has 0 aliphatic carbocycles. The summed E-state index contributed by atoms with van der Waals surface area (Å²) in [5.74, 6) is -1.81. The second kappa shape index (κ2) is 8.70. The molecule has 7 nitrogen and oxygen atoms in total. The number of rotatable bonds is 7. The first-order valence-electron chi connectivity index (χ1n) is 7.80. The van der Waals surface area contributed by atoms with Gasteiger partial charge in [0.2, 0.25) is 0 Å². The number of benzene rings is 2. The van der Waals surface area contributed by atoms with Gasteiger partial charge in [-0.3, -0.25) is 14.9 Å². The van der Waals surface area contributed by atoms with Gasteiger partial charge in [0.1, 0.15) is 11.4 Å². The number of halogens is 1. The van der Waals surface area contributed by atoms with Crippen LogP contribution in [-0.2, 0) is 16.0 Å². The van der Waals surface area contributed by atoms with Crippen LogP contribution in [0, 0.1) is 22.9 Å². The van der Waals surface area contributed by atoms with Crippen LogP contribution in [0.15, 0.2) is 42.5 Å². The number of nitrogens with zero attached hydrogens (tertiary/aromatic N) is 1. The van der Waals surface area contributed by atoms with E-state index < -0.39 is 23.4 Å². The largest absolute Gasteiger partial charge is 0.452 e. The number of carbonyl (C=O) groups is 2. The first kappa shape index (κ1) is 19.0. The Morgan fingerprint density at radius 2 is 1.88 bits per heavy atom. The van der Waals surface area contributed by atoms with E-state index in [0.717, 1.165) is 5.56 Å². The lowest BCUT2D eigenvalue weighted by atomic mass is 10.1. The lowest BCUT2D eigenvalue weighted by molar-refractivity contribution is -0.385. The Labute approximate surface area is 148 Å². The van der Waals surface area contributed by atoms with E-state index in [1.807, 2.05) is 0 Å². The quantitative estimate of drug-likeness (QED) is 0.465. The van der Waals surface area contributed by atoms with Crippen LogP contribution in [0.25, 0.3) is 0 Å². The van der Waals surface area contributed by atoms with Gasteiger partial charge in [-0.25, -0.2) is 9.18 Å². The monoisotopic (exact) mass is 360 g/mol. The summed E-state index contributed by atoms with van der Waals surface area (Å²) >= 11 is 0. The molecular weight excluding hydrogens is 343 g/mol. The van der Waals surface area contributed by atoms with Gasteiger partial charge >= 0.3 is 5.97 Å². The highest BCUT2D eigenvalue weighted by Gasteiger charge is 2.24.